The highest BCUT2D eigenvalue weighted by atomic mass is 35.5. The summed E-state index contributed by atoms with van der Waals surface area (Å²) in [4.78, 5) is 8.14. The average Bonchev–Trinajstić information content (AvgIpc) is 3.21. The summed E-state index contributed by atoms with van der Waals surface area (Å²) in [5.41, 5.74) is 3.37. The molecule has 1 fully saturated rings. The lowest BCUT2D eigenvalue weighted by molar-refractivity contribution is 0.689. The number of nitrogens with zero attached hydrogens (tertiary/aromatic N) is 2. The van der Waals surface area contributed by atoms with Crippen molar-refractivity contribution in [3.05, 3.63) is 47.5 Å². The molecule has 1 saturated carbocycles. The van der Waals surface area contributed by atoms with Gasteiger partial charge in [0.25, 0.3) is 0 Å². The first-order chi connectivity index (χ1) is 8.83. The Kier molecular flexibility index (Phi) is 3.26. The maximum atomic E-state index is 6.08. The highest BCUT2D eigenvalue weighted by Gasteiger charge is 2.20. The number of halogens is 1. The molecule has 0 atom stereocenters. The summed E-state index contributed by atoms with van der Waals surface area (Å²) in [7, 11) is 0. The third-order valence-corrected chi connectivity index (χ3v) is 3.33. The van der Waals surface area contributed by atoms with Crippen LogP contribution in [0.15, 0.2) is 36.9 Å². The van der Waals surface area contributed by atoms with E-state index in [1.165, 1.54) is 18.4 Å². The number of rotatable bonds is 4. The largest absolute Gasteiger partial charge is 0.310 e. The van der Waals surface area contributed by atoms with E-state index in [9.17, 15) is 0 Å². The molecule has 3 rings (SSSR count). The summed E-state index contributed by atoms with van der Waals surface area (Å²) in [6.45, 7) is 0.843. The fraction of sp³-hybridized carbons (Fsp3) is 0.286. The zero-order chi connectivity index (χ0) is 12.4. The van der Waals surface area contributed by atoms with E-state index in [2.05, 4.69) is 15.3 Å². The lowest BCUT2D eigenvalue weighted by atomic mass is 10.0. The standard InChI is InChI=1S/C14H14ClN3/c15-12-1-4-14(11-6-16-9-17-7-11)10(5-12)8-18-13-2-3-13/h1,4-7,9,13,18H,2-3,8H2. The van der Waals surface area contributed by atoms with Crippen LogP contribution >= 0.6 is 11.6 Å². The van der Waals surface area contributed by atoms with Crippen molar-refractivity contribution in [1.29, 1.82) is 0 Å². The molecule has 0 amide bonds. The van der Waals surface area contributed by atoms with Gasteiger partial charge in [-0.1, -0.05) is 17.7 Å². The van der Waals surface area contributed by atoms with E-state index in [0.29, 0.717) is 6.04 Å². The van der Waals surface area contributed by atoms with Crippen molar-refractivity contribution in [3.63, 3.8) is 0 Å². The van der Waals surface area contributed by atoms with Gasteiger partial charge in [0.05, 0.1) is 0 Å². The van der Waals surface area contributed by atoms with Gasteiger partial charge in [-0.2, -0.15) is 0 Å². The molecule has 1 aromatic heterocycles. The minimum atomic E-state index is 0.684. The molecule has 4 heteroatoms. The molecular weight excluding hydrogens is 246 g/mol. The molecule has 3 nitrogen and oxygen atoms in total. The average molecular weight is 260 g/mol. The van der Waals surface area contributed by atoms with Crippen LogP contribution in [0.1, 0.15) is 18.4 Å². The van der Waals surface area contributed by atoms with Crippen molar-refractivity contribution in [1.82, 2.24) is 15.3 Å². The zero-order valence-electron chi connectivity index (χ0n) is 9.94. The highest BCUT2D eigenvalue weighted by Crippen LogP contribution is 2.27. The van der Waals surface area contributed by atoms with Crippen LogP contribution in [-0.2, 0) is 6.54 Å². The van der Waals surface area contributed by atoms with E-state index in [4.69, 9.17) is 11.6 Å². The van der Waals surface area contributed by atoms with E-state index in [1.54, 1.807) is 6.33 Å². The summed E-state index contributed by atoms with van der Waals surface area (Å²) < 4.78 is 0. The zero-order valence-corrected chi connectivity index (χ0v) is 10.7. The smallest absolute Gasteiger partial charge is 0.115 e. The van der Waals surface area contributed by atoms with Crippen LogP contribution in [0.25, 0.3) is 11.1 Å². The maximum absolute atomic E-state index is 6.08. The van der Waals surface area contributed by atoms with Crippen molar-refractivity contribution in [2.75, 3.05) is 0 Å². The van der Waals surface area contributed by atoms with Gasteiger partial charge in [-0.05, 0) is 36.1 Å². The van der Waals surface area contributed by atoms with Crippen LogP contribution in [0.2, 0.25) is 5.02 Å². The van der Waals surface area contributed by atoms with Crippen molar-refractivity contribution in [2.24, 2.45) is 0 Å². The first-order valence-corrected chi connectivity index (χ1v) is 6.48. The molecule has 0 bridgehead atoms. The topological polar surface area (TPSA) is 37.8 Å². The number of benzene rings is 1. The molecule has 92 valence electrons. The number of hydrogen-bond donors (Lipinski definition) is 1. The van der Waals surface area contributed by atoms with Gasteiger partial charge in [0.15, 0.2) is 0 Å². The highest BCUT2D eigenvalue weighted by molar-refractivity contribution is 6.30. The van der Waals surface area contributed by atoms with Crippen LogP contribution in [0, 0.1) is 0 Å². The summed E-state index contributed by atoms with van der Waals surface area (Å²) in [5.74, 6) is 0. The first kappa shape index (κ1) is 11.6. The number of aromatic nitrogens is 2. The molecule has 0 saturated heterocycles. The second-order valence-electron chi connectivity index (χ2n) is 4.58. The van der Waals surface area contributed by atoms with E-state index >= 15 is 0 Å². The van der Waals surface area contributed by atoms with Crippen molar-refractivity contribution in [2.45, 2.75) is 25.4 Å². The molecule has 0 radical (unpaired) electrons. The van der Waals surface area contributed by atoms with Crippen molar-refractivity contribution >= 4 is 11.6 Å². The van der Waals surface area contributed by atoms with Gasteiger partial charge >= 0.3 is 0 Å². The van der Waals surface area contributed by atoms with E-state index in [0.717, 1.165) is 22.7 Å². The Labute approximate surface area is 111 Å². The number of hydrogen-bond acceptors (Lipinski definition) is 3. The lowest BCUT2D eigenvalue weighted by Crippen LogP contribution is -2.15. The summed E-state index contributed by atoms with van der Waals surface area (Å²) >= 11 is 6.08. The molecule has 1 aliphatic carbocycles. The lowest BCUT2D eigenvalue weighted by Gasteiger charge is -2.10. The Morgan fingerprint density at radius 3 is 2.72 bits per heavy atom. The van der Waals surface area contributed by atoms with Gasteiger partial charge in [0, 0.05) is 35.6 Å². The Balaban J connectivity index is 1.91. The molecule has 0 aliphatic heterocycles. The van der Waals surface area contributed by atoms with Gasteiger partial charge in [0.1, 0.15) is 6.33 Å². The minimum Gasteiger partial charge on any atom is -0.310 e. The molecule has 1 heterocycles. The SMILES string of the molecule is Clc1ccc(-c2cncnc2)c(CNC2CC2)c1. The quantitative estimate of drug-likeness (QED) is 0.917. The van der Waals surface area contributed by atoms with E-state index in [1.807, 2.05) is 30.6 Å². The Bertz CT molecular complexity index is 538. The van der Waals surface area contributed by atoms with Crippen LogP contribution in [-0.4, -0.2) is 16.0 Å². The molecule has 0 spiro atoms. The summed E-state index contributed by atoms with van der Waals surface area (Å²) in [6.07, 6.45) is 7.77. The first-order valence-electron chi connectivity index (χ1n) is 6.10. The summed E-state index contributed by atoms with van der Waals surface area (Å²) in [6, 6.07) is 6.64. The fourth-order valence-electron chi connectivity index (χ4n) is 1.97. The molecule has 1 aliphatic rings. The van der Waals surface area contributed by atoms with Gasteiger partial charge in [0.2, 0.25) is 0 Å². The molecule has 1 aromatic carbocycles. The van der Waals surface area contributed by atoms with Gasteiger partial charge < -0.3 is 5.32 Å². The molecule has 1 N–H and O–H groups in total. The van der Waals surface area contributed by atoms with Crippen molar-refractivity contribution in [3.8, 4) is 11.1 Å². The molecule has 2 aromatic rings. The normalized spacial score (nSPS) is 14.7. The van der Waals surface area contributed by atoms with E-state index in [-0.39, 0.29) is 0 Å². The minimum absolute atomic E-state index is 0.684. The van der Waals surface area contributed by atoms with Gasteiger partial charge in [-0.25, -0.2) is 9.97 Å². The molecule has 0 unspecified atom stereocenters. The number of nitrogens with one attached hydrogen (secondary N) is 1. The van der Waals surface area contributed by atoms with E-state index < -0.39 is 0 Å². The molecule has 18 heavy (non-hydrogen) atoms. The fourth-order valence-corrected chi connectivity index (χ4v) is 2.16. The third-order valence-electron chi connectivity index (χ3n) is 3.10. The molecular formula is C14H14ClN3. The summed E-state index contributed by atoms with van der Waals surface area (Å²) in [5, 5.41) is 4.28. The van der Waals surface area contributed by atoms with Crippen molar-refractivity contribution < 1.29 is 0 Å². The van der Waals surface area contributed by atoms with Crippen LogP contribution in [0.5, 0.6) is 0 Å². The predicted molar refractivity (Wildman–Crippen MR) is 72.3 cm³/mol. The van der Waals surface area contributed by atoms with Gasteiger partial charge in [-0.3, -0.25) is 0 Å². The monoisotopic (exact) mass is 259 g/mol. The van der Waals surface area contributed by atoms with Crippen LogP contribution in [0.4, 0.5) is 0 Å². The Hall–Kier alpha value is -1.45. The second-order valence-corrected chi connectivity index (χ2v) is 5.02. The van der Waals surface area contributed by atoms with Crippen LogP contribution in [0.3, 0.4) is 0 Å². The maximum Gasteiger partial charge on any atom is 0.115 e. The third kappa shape index (κ3) is 2.68. The van der Waals surface area contributed by atoms with Gasteiger partial charge in [-0.15, -0.1) is 0 Å². The predicted octanol–water partition coefficient (Wildman–Crippen LogP) is 3.05. The Morgan fingerprint density at radius 1 is 1.22 bits per heavy atom. The Morgan fingerprint density at radius 2 is 2.00 bits per heavy atom. The second kappa shape index (κ2) is 5.04. The van der Waals surface area contributed by atoms with Crippen LogP contribution < -0.4 is 5.32 Å².